The molecule has 0 amide bonds. The van der Waals surface area contributed by atoms with Gasteiger partial charge in [-0.15, -0.1) is 0 Å². The molecule has 134 valence electrons. The lowest BCUT2D eigenvalue weighted by Crippen LogP contribution is -2.03. The van der Waals surface area contributed by atoms with Gasteiger partial charge in [0, 0.05) is 23.6 Å². The van der Waals surface area contributed by atoms with Gasteiger partial charge in [-0.3, -0.25) is 9.98 Å². The number of rotatable bonds is 12. The number of phenols is 1. The fraction of sp³-hybridized carbons (Fsp3) is 0.529. The van der Waals surface area contributed by atoms with Crippen LogP contribution in [0.4, 0.5) is 0 Å². The Labute approximate surface area is 142 Å². The first-order chi connectivity index (χ1) is 11.7. The van der Waals surface area contributed by atoms with Crippen molar-refractivity contribution in [3.05, 3.63) is 28.8 Å². The number of hydrogen-bond donors (Lipinski definition) is 3. The molecule has 7 heteroatoms. The van der Waals surface area contributed by atoms with Crippen LogP contribution in [-0.2, 0) is 9.47 Å². The number of aliphatic imine (C=N–C) groups is 2. The lowest BCUT2D eigenvalue weighted by Gasteiger charge is -2.06. The van der Waals surface area contributed by atoms with E-state index in [2.05, 4.69) is 9.98 Å². The van der Waals surface area contributed by atoms with Crippen LogP contribution in [0.5, 0.6) is 5.75 Å². The third-order valence-electron chi connectivity index (χ3n) is 2.97. The molecule has 1 rings (SSSR count). The second-order valence-corrected chi connectivity index (χ2v) is 5.03. The molecule has 0 saturated heterocycles. The van der Waals surface area contributed by atoms with E-state index in [4.69, 9.17) is 19.7 Å². The van der Waals surface area contributed by atoms with Gasteiger partial charge in [0.1, 0.15) is 5.75 Å². The molecule has 0 radical (unpaired) electrons. The molecule has 0 bridgehead atoms. The maximum absolute atomic E-state index is 10.3. The monoisotopic (exact) mass is 338 g/mol. The van der Waals surface area contributed by atoms with Gasteiger partial charge in [-0.25, -0.2) is 0 Å². The fourth-order valence-corrected chi connectivity index (χ4v) is 1.93. The Morgan fingerprint density at radius 2 is 1.33 bits per heavy atom. The highest BCUT2D eigenvalue weighted by Gasteiger charge is 2.05. The summed E-state index contributed by atoms with van der Waals surface area (Å²) < 4.78 is 10.2. The molecule has 24 heavy (non-hydrogen) atoms. The standard InChI is InChI=1S/C17H26N2O5/c1-14-10-15(12-18-2-6-23-8-4-20)17(22)16(11-14)13-19-3-7-24-9-5-21/h10-13,20-22H,2-9H2,1H3. The highest BCUT2D eigenvalue weighted by molar-refractivity contribution is 5.92. The van der Waals surface area contributed by atoms with E-state index in [1.807, 2.05) is 19.1 Å². The highest BCUT2D eigenvalue weighted by Crippen LogP contribution is 2.21. The SMILES string of the molecule is Cc1cc(C=NCCOCCO)c(O)c(C=NCCOCCO)c1. The normalized spacial score (nSPS) is 11.8. The third-order valence-corrected chi connectivity index (χ3v) is 2.97. The van der Waals surface area contributed by atoms with Crippen molar-refractivity contribution in [1.29, 1.82) is 0 Å². The summed E-state index contributed by atoms with van der Waals surface area (Å²) in [6.45, 7) is 4.28. The van der Waals surface area contributed by atoms with Crippen molar-refractivity contribution < 1.29 is 24.8 Å². The zero-order chi connectivity index (χ0) is 17.6. The second-order valence-electron chi connectivity index (χ2n) is 5.03. The van der Waals surface area contributed by atoms with E-state index >= 15 is 0 Å². The Morgan fingerprint density at radius 1 is 0.875 bits per heavy atom. The van der Waals surface area contributed by atoms with Crippen molar-refractivity contribution in [2.75, 3.05) is 52.7 Å². The summed E-state index contributed by atoms with van der Waals surface area (Å²) in [5.74, 6) is 0.126. The summed E-state index contributed by atoms with van der Waals surface area (Å²) in [6.07, 6.45) is 3.21. The van der Waals surface area contributed by atoms with Gasteiger partial charge >= 0.3 is 0 Å². The average Bonchev–Trinajstić information content (AvgIpc) is 2.57. The van der Waals surface area contributed by atoms with Gasteiger partial charge < -0.3 is 24.8 Å². The van der Waals surface area contributed by atoms with Gasteiger partial charge in [-0.05, 0) is 24.6 Å². The van der Waals surface area contributed by atoms with Crippen LogP contribution in [-0.4, -0.2) is 80.5 Å². The van der Waals surface area contributed by atoms with Gasteiger partial charge in [0.05, 0.1) is 52.7 Å². The summed E-state index contributed by atoms with van der Waals surface area (Å²) >= 11 is 0. The molecule has 7 nitrogen and oxygen atoms in total. The molecule has 0 saturated carbocycles. The quantitative estimate of drug-likeness (QED) is 0.381. The van der Waals surface area contributed by atoms with E-state index in [-0.39, 0.29) is 19.0 Å². The van der Waals surface area contributed by atoms with Crippen molar-refractivity contribution >= 4 is 12.4 Å². The molecule has 1 aromatic carbocycles. The molecule has 0 fully saturated rings. The van der Waals surface area contributed by atoms with E-state index in [0.717, 1.165) is 5.56 Å². The van der Waals surface area contributed by atoms with Crippen molar-refractivity contribution in [1.82, 2.24) is 0 Å². The van der Waals surface area contributed by atoms with Gasteiger partial charge in [0.15, 0.2) is 0 Å². The summed E-state index contributed by atoms with van der Waals surface area (Å²) in [5.41, 5.74) is 2.23. The molecular formula is C17H26N2O5. The number of nitrogens with zero attached hydrogens (tertiary/aromatic N) is 2. The lowest BCUT2D eigenvalue weighted by molar-refractivity contribution is 0.0978. The minimum atomic E-state index is -0.00385. The van der Waals surface area contributed by atoms with Crippen molar-refractivity contribution in [2.24, 2.45) is 9.98 Å². The summed E-state index contributed by atoms with van der Waals surface area (Å²) in [5, 5.41) is 27.5. The molecule has 1 aromatic rings. The van der Waals surface area contributed by atoms with Crippen LogP contribution in [0.1, 0.15) is 16.7 Å². The number of benzene rings is 1. The minimum absolute atomic E-state index is 0.00385. The highest BCUT2D eigenvalue weighted by atomic mass is 16.5. The number of aliphatic hydroxyl groups is 2. The van der Waals surface area contributed by atoms with Crippen LogP contribution >= 0.6 is 0 Å². The Morgan fingerprint density at radius 3 is 1.75 bits per heavy atom. The number of hydrogen-bond acceptors (Lipinski definition) is 7. The largest absolute Gasteiger partial charge is 0.507 e. The van der Waals surface area contributed by atoms with Gasteiger partial charge in [-0.1, -0.05) is 0 Å². The molecule has 0 aliphatic heterocycles. The molecule has 0 aliphatic carbocycles. The number of aryl methyl sites for hydroxylation is 1. The molecule has 0 spiro atoms. The van der Waals surface area contributed by atoms with Crippen molar-refractivity contribution in [3.63, 3.8) is 0 Å². The summed E-state index contributed by atoms with van der Waals surface area (Å²) in [7, 11) is 0. The zero-order valence-electron chi connectivity index (χ0n) is 14.0. The predicted octanol–water partition coefficient (Wildman–Crippen LogP) is 0.556. The molecular weight excluding hydrogens is 312 g/mol. The Kier molecular flexibility index (Phi) is 10.6. The van der Waals surface area contributed by atoms with E-state index in [1.54, 1.807) is 12.4 Å². The number of phenolic OH excluding ortho intramolecular Hbond substituents is 1. The van der Waals surface area contributed by atoms with Gasteiger partial charge in [0.25, 0.3) is 0 Å². The smallest absolute Gasteiger partial charge is 0.133 e. The topological polar surface area (TPSA) is 104 Å². The van der Waals surface area contributed by atoms with Crippen LogP contribution in [0.2, 0.25) is 0 Å². The first-order valence-corrected chi connectivity index (χ1v) is 7.89. The number of aliphatic hydroxyl groups excluding tert-OH is 2. The average molecular weight is 338 g/mol. The molecule has 0 aliphatic rings. The molecule has 0 unspecified atom stereocenters. The second kappa shape index (κ2) is 12.6. The summed E-state index contributed by atoms with van der Waals surface area (Å²) in [4.78, 5) is 8.41. The maximum atomic E-state index is 10.3. The first-order valence-electron chi connectivity index (χ1n) is 7.89. The molecule has 3 N–H and O–H groups in total. The molecule has 0 aromatic heterocycles. The van der Waals surface area contributed by atoms with E-state index < -0.39 is 0 Å². The Hall–Kier alpha value is -1.80. The maximum Gasteiger partial charge on any atom is 0.133 e. The predicted molar refractivity (Wildman–Crippen MR) is 93.6 cm³/mol. The lowest BCUT2D eigenvalue weighted by atomic mass is 10.1. The third kappa shape index (κ3) is 8.16. The Bertz CT molecular complexity index is 489. The van der Waals surface area contributed by atoms with E-state index in [1.165, 1.54) is 0 Å². The Balaban J connectivity index is 2.59. The van der Waals surface area contributed by atoms with Crippen LogP contribution in [0.15, 0.2) is 22.1 Å². The van der Waals surface area contributed by atoms with Gasteiger partial charge in [-0.2, -0.15) is 0 Å². The van der Waals surface area contributed by atoms with Crippen LogP contribution in [0, 0.1) is 6.92 Å². The first kappa shape index (κ1) is 20.2. The van der Waals surface area contributed by atoms with Crippen LogP contribution in [0.25, 0.3) is 0 Å². The zero-order valence-corrected chi connectivity index (χ0v) is 14.0. The molecule has 0 atom stereocenters. The van der Waals surface area contributed by atoms with Crippen molar-refractivity contribution in [2.45, 2.75) is 6.92 Å². The fourth-order valence-electron chi connectivity index (χ4n) is 1.93. The van der Waals surface area contributed by atoms with Crippen molar-refractivity contribution in [3.8, 4) is 5.75 Å². The summed E-state index contributed by atoms with van der Waals surface area (Å²) in [6, 6.07) is 3.68. The molecule has 0 heterocycles. The minimum Gasteiger partial charge on any atom is -0.507 e. The number of aromatic hydroxyl groups is 1. The van der Waals surface area contributed by atoms with E-state index in [0.29, 0.717) is 50.6 Å². The van der Waals surface area contributed by atoms with Crippen LogP contribution < -0.4 is 0 Å². The van der Waals surface area contributed by atoms with E-state index in [9.17, 15) is 5.11 Å². The number of ether oxygens (including phenoxy) is 2. The van der Waals surface area contributed by atoms with Gasteiger partial charge in [0.2, 0.25) is 0 Å². The van der Waals surface area contributed by atoms with Crippen LogP contribution in [0.3, 0.4) is 0 Å².